The molecule has 0 saturated heterocycles. The molecule has 0 amide bonds. The van der Waals surface area contributed by atoms with Gasteiger partial charge in [-0.15, -0.1) is 0 Å². The van der Waals surface area contributed by atoms with E-state index in [1.54, 1.807) is 0 Å². The molecule has 1 saturated carbocycles. The number of nitrogens with zero attached hydrogens (tertiary/aromatic N) is 2. The van der Waals surface area contributed by atoms with Crippen LogP contribution in [-0.4, -0.2) is 21.9 Å². The number of halogens is 5. The fourth-order valence-corrected chi connectivity index (χ4v) is 2.73. The van der Waals surface area contributed by atoms with Crippen LogP contribution in [0.2, 0.25) is 0 Å². The number of hydrogen-bond acceptors (Lipinski definition) is 4. The molecule has 23 heavy (non-hydrogen) atoms. The maximum absolute atomic E-state index is 14.4. The average molecular weight is 332 g/mol. The molecular formula is C14H13F5N4. The third-order valence-electron chi connectivity index (χ3n) is 4.00. The van der Waals surface area contributed by atoms with Gasteiger partial charge in [-0.05, 0) is 12.8 Å². The number of rotatable bonds is 2. The van der Waals surface area contributed by atoms with Gasteiger partial charge in [-0.25, -0.2) is 31.9 Å². The topological polar surface area (TPSA) is 63.8 Å². The van der Waals surface area contributed by atoms with E-state index in [0.717, 1.165) is 6.33 Å². The van der Waals surface area contributed by atoms with E-state index in [9.17, 15) is 22.0 Å². The highest BCUT2D eigenvalue weighted by Crippen LogP contribution is 2.37. The summed E-state index contributed by atoms with van der Waals surface area (Å²) in [4.78, 5) is 7.09. The van der Waals surface area contributed by atoms with Crippen molar-refractivity contribution in [1.82, 2.24) is 9.97 Å². The number of anilines is 2. The highest BCUT2D eigenvalue weighted by Gasteiger charge is 2.35. The van der Waals surface area contributed by atoms with E-state index in [1.807, 2.05) is 0 Å². The lowest BCUT2D eigenvalue weighted by Gasteiger charge is -2.29. The van der Waals surface area contributed by atoms with Crippen molar-refractivity contribution in [3.63, 3.8) is 0 Å². The zero-order valence-electron chi connectivity index (χ0n) is 11.8. The van der Waals surface area contributed by atoms with E-state index in [0.29, 0.717) is 0 Å². The normalized spacial score (nSPS) is 18.3. The van der Waals surface area contributed by atoms with Gasteiger partial charge in [-0.3, -0.25) is 0 Å². The van der Waals surface area contributed by atoms with Crippen molar-refractivity contribution in [2.24, 2.45) is 0 Å². The third-order valence-corrected chi connectivity index (χ3v) is 4.00. The Labute approximate surface area is 127 Å². The third kappa shape index (κ3) is 2.75. The number of nitrogens with two attached hydrogens (primary N) is 1. The van der Waals surface area contributed by atoms with Crippen molar-refractivity contribution < 1.29 is 22.0 Å². The standard InChI is InChI=1S/C14H13F5N4/c15-8-7-11(21-5-22-13(7)20)10(17)12(9(8)16)23-6-1-3-14(18,19)4-2-6/h5-6,23H,1-4H2,(H2,20,21,22). The summed E-state index contributed by atoms with van der Waals surface area (Å²) in [6.07, 6.45) is 0.204. The molecule has 0 aliphatic heterocycles. The minimum Gasteiger partial charge on any atom is -0.383 e. The molecule has 2 aromatic rings. The monoisotopic (exact) mass is 332 g/mol. The Morgan fingerprint density at radius 1 is 1.04 bits per heavy atom. The summed E-state index contributed by atoms with van der Waals surface area (Å²) in [5.74, 6) is -7.11. The Bertz CT molecular complexity index is 755. The molecule has 1 aromatic carbocycles. The van der Waals surface area contributed by atoms with Gasteiger partial charge < -0.3 is 11.1 Å². The summed E-state index contributed by atoms with van der Waals surface area (Å²) in [5, 5.41) is 1.94. The fraction of sp³-hybridized carbons (Fsp3) is 0.429. The minimum absolute atomic E-state index is 0.0252. The van der Waals surface area contributed by atoms with Crippen LogP contribution in [0.3, 0.4) is 0 Å². The van der Waals surface area contributed by atoms with Crippen LogP contribution in [0.5, 0.6) is 0 Å². The van der Waals surface area contributed by atoms with E-state index in [4.69, 9.17) is 5.73 Å². The van der Waals surface area contributed by atoms with Crippen LogP contribution in [0.1, 0.15) is 25.7 Å². The van der Waals surface area contributed by atoms with Crippen molar-refractivity contribution in [1.29, 1.82) is 0 Å². The molecule has 3 N–H and O–H groups in total. The quantitative estimate of drug-likeness (QED) is 0.651. The molecule has 4 nitrogen and oxygen atoms in total. The lowest BCUT2D eigenvalue weighted by molar-refractivity contribution is -0.0361. The van der Waals surface area contributed by atoms with Crippen molar-refractivity contribution in [2.75, 3.05) is 11.1 Å². The van der Waals surface area contributed by atoms with E-state index < -0.39 is 46.0 Å². The zero-order valence-corrected chi connectivity index (χ0v) is 11.8. The summed E-state index contributed by atoms with van der Waals surface area (Å²) in [6.45, 7) is 0. The minimum atomic E-state index is -2.77. The predicted molar refractivity (Wildman–Crippen MR) is 74.7 cm³/mol. The molecule has 124 valence electrons. The molecule has 1 fully saturated rings. The molecule has 1 aliphatic carbocycles. The Kier molecular flexibility index (Phi) is 3.73. The van der Waals surface area contributed by atoms with Crippen LogP contribution in [0, 0.1) is 17.5 Å². The second kappa shape index (κ2) is 5.47. The van der Waals surface area contributed by atoms with Crippen molar-refractivity contribution in [3.8, 4) is 0 Å². The summed E-state index contributed by atoms with van der Waals surface area (Å²) in [5.41, 5.74) is 4.25. The van der Waals surface area contributed by atoms with Gasteiger partial charge in [0.1, 0.15) is 23.3 Å². The number of nitrogen functional groups attached to an aromatic ring is 1. The lowest BCUT2D eigenvalue weighted by atomic mass is 9.92. The van der Waals surface area contributed by atoms with Crippen LogP contribution >= 0.6 is 0 Å². The average Bonchev–Trinajstić information content (AvgIpc) is 2.50. The first-order valence-corrected chi connectivity index (χ1v) is 7.01. The van der Waals surface area contributed by atoms with Crippen LogP contribution in [-0.2, 0) is 0 Å². The number of alkyl halides is 2. The first-order chi connectivity index (χ1) is 10.8. The molecule has 1 aromatic heterocycles. The molecule has 0 spiro atoms. The van der Waals surface area contributed by atoms with Gasteiger partial charge in [0.25, 0.3) is 0 Å². The number of fused-ring (bicyclic) bond motifs is 1. The number of benzene rings is 1. The molecule has 0 bridgehead atoms. The molecule has 0 atom stereocenters. The van der Waals surface area contributed by atoms with Crippen LogP contribution in [0.4, 0.5) is 33.5 Å². The van der Waals surface area contributed by atoms with E-state index in [1.165, 1.54) is 0 Å². The van der Waals surface area contributed by atoms with Crippen molar-refractivity contribution in [2.45, 2.75) is 37.6 Å². The summed E-state index contributed by atoms with van der Waals surface area (Å²) < 4.78 is 68.9. The van der Waals surface area contributed by atoms with Gasteiger partial charge in [0.15, 0.2) is 17.5 Å². The van der Waals surface area contributed by atoms with Gasteiger partial charge >= 0.3 is 0 Å². The first kappa shape index (κ1) is 15.7. The number of aromatic nitrogens is 2. The highest BCUT2D eigenvalue weighted by molar-refractivity contribution is 5.91. The Morgan fingerprint density at radius 3 is 2.35 bits per heavy atom. The maximum Gasteiger partial charge on any atom is 0.248 e. The first-order valence-electron chi connectivity index (χ1n) is 7.01. The van der Waals surface area contributed by atoms with Crippen LogP contribution in [0.25, 0.3) is 10.9 Å². The Hall–Kier alpha value is -2.19. The van der Waals surface area contributed by atoms with E-state index >= 15 is 0 Å². The predicted octanol–water partition coefficient (Wildman–Crippen LogP) is 3.62. The van der Waals surface area contributed by atoms with Crippen molar-refractivity contribution in [3.05, 3.63) is 23.8 Å². The lowest BCUT2D eigenvalue weighted by Crippen LogP contribution is -2.32. The second-order valence-corrected chi connectivity index (χ2v) is 5.57. The van der Waals surface area contributed by atoms with Crippen molar-refractivity contribution >= 4 is 22.4 Å². The molecule has 3 rings (SSSR count). The number of hydrogen-bond donors (Lipinski definition) is 2. The summed E-state index contributed by atoms with van der Waals surface area (Å²) in [6, 6.07) is -0.574. The van der Waals surface area contributed by atoms with Crippen LogP contribution < -0.4 is 11.1 Å². The van der Waals surface area contributed by atoms with E-state index in [-0.39, 0.29) is 31.5 Å². The van der Waals surface area contributed by atoms with Gasteiger partial charge in [0.05, 0.1) is 5.39 Å². The highest BCUT2D eigenvalue weighted by atomic mass is 19.3. The van der Waals surface area contributed by atoms with Crippen LogP contribution in [0.15, 0.2) is 6.33 Å². The molecule has 1 heterocycles. The maximum atomic E-state index is 14.4. The zero-order chi connectivity index (χ0) is 16.8. The summed E-state index contributed by atoms with van der Waals surface area (Å²) >= 11 is 0. The molecule has 0 unspecified atom stereocenters. The number of nitrogens with one attached hydrogen (secondary N) is 1. The SMILES string of the molecule is Nc1ncnc2c(F)c(NC3CCC(F)(F)CC3)c(F)c(F)c12. The van der Waals surface area contributed by atoms with Gasteiger partial charge in [0, 0.05) is 18.9 Å². The van der Waals surface area contributed by atoms with E-state index in [2.05, 4.69) is 15.3 Å². The fourth-order valence-electron chi connectivity index (χ4n) is 2.73. The molecule has 1 aliphatic rings. The van der Waals surface area contributed by atoms with Gasteiger partial charge in [-0.2, -0.15) is 0 Å². The smallest absolute Gasteiger partial charge is 0.248 e. The Balaban J connectivity index is 1.99. The molecule has 9 heteroatoms. The second-order valence-electron chi connectivity index (χ2n) is 5.57. The molecular weight excluding hydrogens is 319 g/mol. The van der Waals surface area contributed by atoms with Gasteiger partial charge in [-0.1, -0.05) is 0 Å². The molecule has 0 radical (unpaired) electrons. The van der Waals surface area contributed by atoms with Gasteiger partial charge in [0.2, 0.25) is 5.92 Å². The Morgan fingerprint density at radius 2 is 1.70 bits per heavy atom. The largest absolute Gasteiger partial charge is 0.383 e. The summed E-state index contributed by atoms with van der Waals surface area (Å²) in [7, 11) is 0.